The highest BCUT2D eigenvalue weighted by Crippen LogP contribution is 2.37. The molecule has 1 fully saturated rings. The van der Waals surface area contributed by atoms with Crippen molar-refractivity contribution in [1.29, 1.82) is 0 Å². The van der Waals surface area contributed by atoms with Crippen molar-refractivity contribution in [3.8, 4) is 0 Å². The van der Waals surface area contributed by atoms with Gasteiger partial charge in [0.15, 0.2) is 11.6 Å². The Morgan fingerprint density at radius 3 is 2.12 bits per heavy atom. The number of nitrogens with one attached hydrogen (secondary N) is 1. The Hall–Kier alpha value is -1.38. The zero-order chi connectivity index (χ0) is 18.5. The van der Waals surface area contributed by atoms with Crippen LogP contribution in [-0.4, -0.2) is 35.6 Å². The van der Waals surface area contributed by atoms with Gasteiger partial charge in [-0.2, -0.15) is 0 Å². The molecular weight excluding hydrogens is 317 g/mol. The Morgan fingerprint density at radius 2 is 1.67 bits per heavy atom. The normalized spacial score (nSPS) is 19.6. The molecule has 0 spiro atoms. The average molecular weight is 342 g/mol. The standard InChI is InChI=1S/C16H25BF2N2O3/c1-14(2,22)8-21-13-10(20)7-9(11(18)12(13)19)17-23-15(3,4)16(5,6)24-17/h7,21-22H,8,20H2,1-6H3. The number of nitrogen functional groups attached to an aromatic ring is 1. The number of nitrogens with two attached hydrogens (primary N) is 1. The Kier molecular flexibility index (Phi) is 4.63. The predicted molar refractivity (Wildman–Crippen MR) is 91.3 cm³/mol. The molecule has 0 aromatic heterocycles. The van der Waals surface area contributed by atoms with Gasteiger partial charge in [-0.05, 0) is 47.6 Å². The monoisotopic (exact) mass is 342 g/mol. The third kappa shape index (κ3) is 3.50. The van der Waals surface area contributed by atoms with E-state index in [0.717, 1.165) is 0 Å². The van der Waals surface area contributed by atoms with Crippen LogP contribution in [0, 0.1) is 11.6 Å². The van der Waals surface area contributed by atoms with Crippen LogP contribution in [0.15, 0.2) is 6.07 Å². The molecule has 0 radical (unpaired) electrons. The Labute approximate surface area is 141 Å². The first-order chi connectivity index (χ1) is 10.8. The van der Waals surface area contributed by atoms with Crippen LogP contribution in [0.1, 0.15) is 41.5 Å². The van der Waals surface area contributed by atoms with Crippen LogP contribution in [0.4, 0.5) is 20.2 Å². The van der Waals surface area contributed by atoms with Crippen LogP contribution in [0.5, 0.6) is 0 Å². The summed E-state index contributed by atoms with van der Waals surface area (Å²) in [6, 6.07) is 1.30. The molecule has 1 aliphatic rings. The van der Waals surface area contributed by atoms with Crippen molar-refractivity contribution >= 4 is 24.0 Å². The molecule has 0 aliphatic carbocycles. The second-order valence-electron chi connectivity index (χ2n) is 7.81. The van der Waals surface area contributed by atoms with Gasteiger partial charge in [0.05, 0.1) is 28.2 Å². The molecule has 2 rings (SSSR count). The molecule has 8 heteroatoms. The van der Waals surface area contributed by atoms with E-state index in [9.17, 15) is 13.9 Å². The average Bonchev–Trinajstić information content (AvgIpc) is 2.61. The van der Waals surface area contributed by atoms with E-state index in [4.69, 9.17) is 15.0 Å². The molecular formula is C16H25BF2N2O3. The van der Waals surface area contributed by atoms with Gasteiger partial charge in [0.25, 0.3) is 0 Å². The second kappa shape index (κ2) is 5.86. The van der Waals surface area contributed by atoms with E-state index in [0.29, 0.717) is 0 Å². The fourth-order valence-corrected chi connectivity index (χ4v) is 2.29. The van der Waals surface area contributed by atoms with Crippen LogP contribution in [0.3, 0.4) is 0 Å². The Morgan fingerprint density at radius 1 is 1.17 bits per heavy atom. The summed E-state index contributed by atoms with van der Waals surface area (Å²) < 4.78 is 40.5. The van der Waals surface area contributed by atoms with Gasteiger partial charge in [-0.25, -0.2) is 8.78 Å². The van der Waals surface area contributed by atoms with Gasteiger partial charge in [0, 0.05) is 12.0 Å². The third-order valence-corrected chi connectivity index (χ3v) is 4.47. The van der Waals surface area contributed by atoms with E-state index < -0.39 is 35.6 Å². The lowest BCUT2D eigenvalue weighted by molar-refractivity contribution is 0.00578. The van der Waals surface area contributed by atoms with E-state index >= 15 is 0 Å². The maximum absolute atomic E-state index is 14.5. The van der Waals surface area contributed by atoms with Crippen molar-refractivity contribution in [2.75, 3.05) is 17.6 Å². The molecule has 4 N–H and O–H groups in total. The summed E-state index contributed by atoms with van der Waals surface area (Å²) in [4.78, 5) is 0. The van der Waals surface area contributed by atoms with E-state index in [1.807, 2.05) is 27.7 Å². The number of aliphatic hydroxyl groups is 1. The number of rotatable bonds is 4. The van der Waals surface area contributed by atoms with Gasteiger partial charge in [-0.15, -0.1) is 0 Å². The van der Waals surface area contributed by atoms with Crippen LogP contribution >= 0.6 is 0 Å². The van der Waals surface area contributed by atoms with Gasteiger partial charge in [0.2, 0.25) is 0 Å². The maximum Gasteiger partial charge on any atom is 0.498 e. The van der Waals surface area contributed by atoms with Gasteiger partial charge >= 0.3 is 7.12 Å². The first-order valence-electron chi connectivity index (χ1n) is 7.84. The molecule has 1 aliphatic heterocycles. The molecule has 1 aromatic rings. The molecule has 134 valence electrons. The fourth-order valence-electron chi connectivity index (χ4n) is 2.29. The molecule has 1 aromatic carbocycles. The highest BCUT2D eigenvalue weighted by atomic mass is 19.2. The summed E-state index contributed by atoms with van der Waals surface area (Å²) in [6.45, 7) is 10.4. The first-order valence-corrected chi connectivity index (χ1v) is 7.84. The third-order valence-electron chi connectivity index (χ3n) is 4.47. The minimum atomic E-state index is -1.12. The van der Waals surface area contributed by atoms with E-state index in [1.165, 1.54) is 6.07 Å². The van der Waals surface area contributed by atoms with Crippen LogP contribution in [0.25, 0.3) is 0 Å². The van der Waals surface area contributed by atoms with Crippen LogP contribution in [0.2, 0.25) is 0 Å². The molecule has 0 saturated carbocycles. The summed E-state index contributed by atoms with van der Waals surface area (Å²) in [5, 5.41) is 12.4. The number of hydrogen-bond acceptors (Lipinski definition) is 5. The molecule has 0 unspecified atom stereocenters. The molecule has 0 amide bonds. The highest BCUT2D eigenvalue weighted by molar-refractivity contribution is 6.62. The van der Waals surface area contributed by atoms with Crippen molar-refractivity contribution in [2.45, 2.75) is 58.3 Å². The molecule has 1 heterocycles. The van der Waals surface area contributed by atoms with Crippen molar-refractivity contribution in [3.63, 3.8) is 0 Å². The number of anilines is 2. The van der Waals surface area contributed by atoms with Crippen molar-refractivity contribution < 1.29 is 23.2 Å². The van der Waals surface area contributed by atoms with Crippen molar-refractivity contribution in [2.24, 2.45) is 0 Å². The summed E-state index contributed by atoms with van der Waals surface area (Å²) in [7, 11) is -1.05. The Balaban J connectivity index is 2.35. The number of hydrogen-bond donors (Lipinski definition) is 3. The minimum Gasteiger partial charge on any atom is -0.399 e. The minimum absolute atomic E-state index is 0.0165. The second-order valence-corrected chi connectivity index (χ2v) is 7.81. The van der Waals surface area contributed by atoms with Crippen molar-refractivity contribution in [3.05, 3.63) is 17.7 Å². The molecule has 0 bridgehead atoms. The SMILES string of the molecule is CC(C)(O)CNc1c(N)cc(B2OC(C)(C)C(C)(C)O2)c(F)c1F. The highest BCUT2D eigenvalue weighted by Gasteiger charge is 2.52. The molecule has 1 saturated heterocycles. The zero-order valence-electron chi connectivity index (χ0n) is 15.0. The molecule has 0 atom stereocenters. The van der Waals surface area contributed by atoms with Crippen LogP contribution in [-0.2, 0) is 9.31 Å². The quantitative estimate of drug-likeness (QED) is 0.577. The van der Waals surface area contributed by atoms with E-state index in [2.05, 4.69) is 5.32 Å². The maximum atomic E-state index is 14.5. The predicted octanol–water partition coefficient (Wildman–Crippen LogP) is 2.03. The van der Waals surface area contributed by atoms with Crippen LogP contribution < -0.4 is 16.5 Å². The fraction of sp³-hybridized carbons (Fsp3) is 0.625. The number of benzene rings is 1. The lowest BCUT2D eigenvalue weighted by atomic mass is 9.78. The zero-order valence-corrected chi connectivity index (χ0v) is 15.0. The summed E-state index contributed by atoms with van der Waals surface area (Å²) >= 11 is 0. The smallest absolute Gasteiger partial charge is 0.399 e. The molecule has 5 nitrogen and oxygen atoms in total. The largest absolute Gasteiger partial charge is 0.498 e. The lowest BCUT2D eigenvalue weighted by Gasteiger charge is -2.32. The van der Waals surface area contributed by atoms with Gasteiger partial charge < -0.3 is 25.5 Å². The van der Waals surface area contributed by atoms with Gasteiger partial charge in [-0.1, -0.05) is 0 Å². The summed E-state index contributed by atoms with van der Waals surface area (Å²) in [5.74, 6) is -2.20. The van der Waals surface area contributed by atoms with E-state index in [1.54, 1.807) is 13.8 Å². The van der Waals surface area contributed by atoms with Crippen molar-refractivity contribution in [1.82, 2.24) is 0 Å². The van der Waals surface area contributed by atoms with E-state index in [-0.39, 0.29) is 23.4 Å². The molecule has 24 heavy (non-hydrogen) atoms. The summed E-state index contributed by atoms with van der Waals surface area (Å²) in [6.07, 6.45) is 0. The lowest BCUT2D eigenvalue weighted by Crippen LogP contribution is -2.41. The number of halogens is 2. The van der Waals surface area contributed by atoms with Gasteiger partial charge in [-0.3, -0.25) is 0 Å². The Bertz CT molecular complexity index is 629. The van der Waals surface area contributed by atoms with Gasteiger partial charge in [0.1, 0.15) is 0 Å². The topological polar surface area (TPSA) is 76.7 Å². The summed E-state index contributed by atoms with van der Waals surface area (Å²) in [5.41, 5.74) is 3.16. The first kappa shape index (κ1) is 19.0.